The van der Waals surface area contributed by atoms with Crippen LogP contribution in [-0.2, 0) is 10.8 Å². The fourth-order valence-electron chi connectivity index (χ4n) is 3.11. The van der Waals surface area contributed by atoms with Gasteiger partial charge in [0.15, 0.2) is 0 Å². The Hall–Kier alpha value is -2.09. The number of rotatable bonds is 13. The van der Waals surface area contributed by atoms with E-state index in [0.717, 1.165) is 19.3 Å². The molecule has 0 saturated carbocycles. The van der Waals surface area contributed by atoms with Crippen molar-refractivity contribution < 1.29 is 18.4 Å². The van der Waals surface area contributed by atoms with E-state index in [1.165, 1.54) is 32.0 Å². The Balaban J connectivity index is 2.25. The number of benzene rings is 1. The van der Waals surface area contributed by atoms with E-state index in [9.17, 15) is 4.21 Å². The molecule has 2 aromatic rings. The number of ether oxygens (including phenoxy) is 3. The molecule has 8 heteroatoms. The molecule has 0 amide bonds. The van der Waals surface area contributed by atoms with Gasteiger partial charge in [-0.15, -0.1) is 0 Å². The average molecular weight is 410 g/mol. The van der Waals surface area contributed by atoms with Gasteiger partial charge in [0.1, 0.15) is 40.2 Å². The lowest BCUT2D eigenvalue weighted by molar-refractivity contribution is 0.359. The van der Waals surface area contributed by atoms with Crippen LogP contribution in [0.1, 0.15) is 57.2 Å². The Morgan fingerprint density at radius 1 is 1.00 bits per heavy atom. The molecule has 2 rings (SSSR count). The van der Waals surface area contributed by atoms with Crippen molar-refractivity contribution in [1.82, 2.24) is 14.8 Å². The van der Waals surface area contributed by atoms with E-state index in [2.05, 4.69) is 17.0 Å². The van der Waals surface area contributed by atoms with Crippen LogP contribution in [0.15, 0.2) is 29.7 Å². The Labute approximate surface area is 169 Å². The number of hydrogen-bond acceptors (Lipinski definition) is 6. The lowest BCUT2D eigenvalue weighted by Gasteiger charge is -2.20. The first kappa shape index (κ1) is 22.2. The minimum Gasteiger partial charge on any atom is -0.496 e. The van der Waals surface area contributed by atoms with Crippen molar-refractivity contribution >= 4 is 10.8 Å². The van der Waals surface area contributed by atoms with E-state index in [4.69, 9.17) is 14.2 Å². The Bertz CT molecular complexity index is 712. The molecule has 0 radical (unpaired) electrons. The number of methoxy groups -OCH3 is 3. The summed E-state index contributed by atoms with van der Waals surface area (Å²) in [6.07, 6.45) is 10.8. The number of aromatic nitrogens is 3. The Morgan fingerprint density at radius 2 is 1.64 bits per heavy atom. The molecule has 2 atom stereocenters. The number of unbranched alkanes of at least 4 members (excludes halogenated alkanes) is 5. The molecule has 0 aliphatic heterocycles. The second-order valence-corrected chi connectivity index (χ2v) is 8.09. The van der Waals surface area contributed by atoms with Crippen LogP contribution in [0.25, 0.3) is 0 Å². The predicted octanol–water partition coefficient (Wildman–Crippen LogP) is 4.36. The SMILES string of the molecule is CCCCCCCCC(n1cncn1)S(=O)c1c(OC)cc(OC)cc1OC. The molecular formula is C20H31N3O4S. The summed E-state index contributed by atoms with van der Waals surface area (Å²) < 4.78 is 31.5. The molecule has 28 heavy (non-hydrogen) atoms. The van der Waals surface area contributed by atoms with E-state index in [1.54, 1.807) is 44.5 Å². The first-order valence-corrected chi connectivity index (χ1v) is 10.9. The highest BCUT2D eigenvalue weighted by Gasteiger charge is 2.27. The van der Waals surface area contributed by atoms with Crippen molar-refractivity contribution in [3.63, 3.8) is 0 Å². The summed E-state index contributed by atoms with van der Waals surface area (Å²) >= 11 is 0. The number of nitrogens with zero attached hydrogens (tertiary/aromatic N) is 3. The third-order valence-electron chi connectivity index (χ3n) is 4.65. The largest absolute Gasteiger partial charge is 0.496 e. The van der Waals surface area contributed by atoms with E-state index in [-0.39, 0.29) is 5.37 Å². The van der Waals surface area contributed by atoms with Crippen LogP contribution in [0.4, 0.5) is 0 Å². The van der Waals surface area contributed by atoms with Crippen LogP contribution in [0.5, 0.6) is 17.2 Å². The molecule has 0 aliphatic carbocycles. The molecule has 2 unspecified atom stereocenters. The van der Waals surface area contributed by atoms with E-state index >= 15 is 0 Å². The molecule has 7 nitrogen and oxygen atoms in total. The summed E-state index contributed by atoms with van der Waals surface area (Å²) in [7, 11) is 3.23. The van der Waals surface area contributed by atoms with Crippen LogP contribution in [-0.4, -0.2) is 40.3 Å². The first-order valence-electron chi connectivity index (χ1n) is 9.70. The maximum atomic E-state index is 13.6. The van der Waals surface area contributed by atoms with Gasteiger partial charge in [-0.05, 0) is 6.42 Å². The first-order chi connectivity index (χ1) is 13.7. The molecule has 1 aromatic carbocycles. The van der Waals surface area contributed by atoms with E-state index < -0.39 is 10.8 Å². The molecule has 0 saturated heterocycles. The zero-order valence-electron chi connectivity index (χ0n) is 17.2. The lowest BCUT2D eigenvalue weighted by Crippen LogP contribution is -2.17. The summed E-state index contributed by atoms with van der Waals surface area (Å²) in [5.74, 6) is 1.54. The summed E-state index contributed by atoms with van der Waals surface area (Å²) in [6.45, 7) is 2.21. The minimum absolute atomic E-state index is 0.343. The third-order valence-corrected chi connectivity index (χ3v) is 6.41. The van der Waals surface area contributed by atoms with Gasteiger partial charge in [-0.25, -0.2) is 9.67 Å². The highest BCUT2D eigenvalue weighted by molar-refractivity contribution is 7.85. The standard InChI is InChI=1S/C20H31N3O4S/c1-5-6-7-8-9-10-11-19(23-15-21-14-22-23)28(24)20-17(26-3)12-16(25-2)13-18(20)27-4/h12-15,19H,5-11H2,1-4H3. The van der Waals surface area contributed by atoms with Gasteiger partial charge in [0.2, 0.25) is 0 Å². The summed E-state index contributed by atoms with van der Waals surface area (Å²) in [5, 5.41) is 3.90. The average Bonchev–Trinajstić information content (AvgIpc) is 3.26. The fraction of sp³-hybridized carbons (Fsp3) is 0.600. The summed E-state index contributed by atoms with van der Waals surface area (Å²) in [4.78, 5) is 4.55. The Morgan fingerprint density at radius 3 is 2.18 bits per heavy atom. The summed E-state index contributed by atoms with van der Waals surface area (Å²) in [5.41, 5.74) is 0. The van der Waals surface area contributed by atoms with Crippen LogP contribution < -0.4 is 14.2 Å². The predicted molar refractivity (Wildman–Crippen MR) is 110 cm³/mol. The molecule has 0 spiro atoms. The van der Waals surface area contributed by atoms with Crippen molar-refractivity contribution in [3.05, 3.63) is 24.8 Å². The molecule has 0 aliphatic rings. The van der Waals surface area contributed by atoms with Gasteiger partial charge in [-0.1, -0.05) is 45.4 Å². The van der Waals surface area contributed by atoms with Crippen LogP contribution in [0, 0.1) is 0 Å². The van der Waals surface area contributed by atoms with Crippen LogP contribution in [0.2, 0.25) is 0 Å². The molecule has 0 N–H and O–H groups in total. The van der Waals surface area contributed by atoms with Gasteiger partial charge in [0, 0.05) is 12.1 Å². The maximum absolute atomic E-state index is 13.6. The van der Waals surface area contributed by atoms with Gasteiger partial charge >= 0.3 is 0 Å². The smallest absolute Gasteiger partial charge is 0.142 e. The highest BCUT2D eigenvalue weighted by atomic mass is 32.2. The highest BCUT2D eigenvalue weighted by Crippen LogP contribution is 2.40. The zero-order valence-corrected chi connectivity index (χ0v) is 18.0. The Kier molecular flexibility index (Phi) is 9.27. The van der Waals surface area contributed by atoms with E-state index in [1.807, 2.05) is 0 Å². The molecule has 0 bridgehead atoms. The molecule has 1 aromatic heterocycles. The third kappa shape index (κ3) is 5.70. The van der Waals surface area contributed by atoms with Crippen molar-refractivity contribution in [3.8, 4) is 17.2 Å². The monoisotopic (exact) mass is 409 g/mol. The van der Waals surface area contributed by atoms with Crippen molar-refractivity contribution in [1.29, 1.82) is 0 Å². The number of hydrogen-bond donors (Lipinski definition) is 0. The molecule has 0 fully saturated rings. The lowest BCUT2D eigenvalue weighted by atomic mass is 10.1. The van der Waals surface area contributed by atoms with Gasteiger partial charge in [-0.3, -0.25) is 4.21 Å². The maximum Gasteiger partial charge on any atom is 0.142 e. The van der Waals surface area contributed by atoms with Crippen LogP contribution in [0.3, 0.4) is 0 Å². The fourth-order valence-corrected chi connectivity index (χ4v) is 4.75. The second-order valence-electron chi connectivity index (χ2n) is 6.55. The molecule has 1 heterocycles. The second kappa shape index (κ2) is 11.7. The van der Waals surface area contributed by atoms with Gasteiger partial charge in [0.25, 0.3) is 0 Å². The molecule has 156 valence electrons. The quantitative estimate of drug-likeness (QED) is 0.458. The van der Waals surface area contributed by atoms with E-state index in [0.29, 0.717) is 22.1 Å². The van der Waals surface area contributed by atoms with Gasteiger partial charge in [0.05, 0.1) is 32.1 Å². The van der Waals surface area contributed by atoms with Crippen molar-refractivity contribution in [2.45, 2.75) is 62.1 Å². The summed E-state index contributed by atoms with van der Waals surface area (Å²) in [6, 6.07) is 3.44. The normalized spacial score (nSPS) is 13.1. The van der Waals surface area contributed by atoms with Crippen LogP contribution >= 0.6 is 0 Å². The topological polar surface area (TPSA) is 75.5 Å². The molecular weight excluding hydrogens is 378 g/mol. The van der Waals surface area contributed by atoms with Gasteiger partial charge in [-0.2, -0.15) is 5.10 Å². The van der Waals surface area contributed by atoms with Gasteiger partial charge < -0.3 is 14.2 Å². The zero-order chi connectivity index (χ0) is 20.4. The minimum atomic E-state index is -1.44. The van der Waals surface area contributed by atoms with Crippen molar-refractivity contribution in [2.75, 3.05) is 21.3 Å². The van der Waals surface area contributed by atoms with Crippen molar-refractivity contribution in [2.24, 2.45) is 0 Å².